The minimum absolute atomic E-state index is 0.584. The van der Waals surface area contributed by atoms with E-state index >= 15 is 0 Å². The van der Waals surface area contributed by atoms with Gasteiger partial charge < -0.3 is 4.74 Å². The molecule has 0 aliphatic heterocycles. The molecule has 1 aromatic heterocycles. The van der Waals surface area contributed by atoms with Crippen LogP contribution in [0.5, 0.6) is 5.75 Å². The Hall–Kier alpha value is -2.47. The van der Waals surface area contributed by atoms with E-state index in [-0.39, 0.29) is 0 Å². The molecule has 0 atom stereocenters. The zero-order valence-electron chi connectivity index (χ0n) is 16.5. The Morgan fingerprint density at radius 3 is 2.30 bits per heavy atom. The molecule has 0 aliphatic rings. The van der Waals surface area contributed by atoms with Gasteiger partial charge in [-0.1, -0.05) is 64.8 Å². The number of ether oxygens (including phenoxy) is 1. The van der Waals surface area contributed by atoms with Crippen molar-refractivity contribution in [3.05, 3.63) is 87.9 Å². The van der Waals surface area contributed by atoms with Crippen molar-refractivity contribution in [2.24, 2.45) is 0 Å². The van der Waals surface area contributed by atoms with Crippen molar-refractivity contribution in [2.45, 2.75) is 17.8 Å². The van der Waals surface area contributed by atoms with Crippen molar-refractivity contribution in [3.8, 4) is 22.8 Å². The monoisotopic (exact) mass is 455 g/mol. The molecule has 0 radical (unpaired) electrons. The molecule has 0 bridgehead atoms. The van der Waals surface area contributed by atoms with Crippen LogP contribution in [-0.4, -0.2) is 21.9 Å². The van der Waals surface area contributed by atoms with Crippen LogP contribution in [-0.2, 0) is 5.75 Å². The lowest BCUT2D eigenvalue weighted by Crippen LogP contribution is -2.00. The van der Waals surface area contributed by atoms with E-state index < -0.39 is 0 Å². The van der Waals surface area contributed by atoms with Crippen LogP contribution in [0.15, 0.2) is 71.9 Å². The quantitative estimate of drug-likeness (QED) is 0.298. The van der Waals surface area contributed by atoms with Crippen molar-refractivity contribution < 1.29 is 4.74 Å². The maximum absolute atomic E-state index is 6.35. The molecule has 0 unspecified atom stereocenters. The molecule has 0 fully saturated rings. The van der Waals surface area contributed by atoms with Crippen molar-refractivity contribution in [1.82, 2.24) is 14.8 Å². The van der Waals surface area contributed by atoms with E-state index in [1.807, 2.05) is 59.2 Å². The summed E-state index contributed by atoms with van der Waals surface area (Å²) in [6, 6.07) is 21.6. The van der Waals surface area contributed by atoms with Crippen LogP contribution in [0.25, 0.3) is 17.1 Å². The molecule has 4 aromatic rings. The number of benzene rings is 3. The van der Waals surface area contributed by atoms with Crippen LogP contribution in [0.1, 0.15) is 11.1 Å². The molecule has 30 heavy (non-hydrogen) atoms. The fourth-order valence-corrected chi connectivity index (χ4v) is 4.80. The van der Waals surface area contributed by atoms with Gasteiger partial charge >= 0.3 is 0 Å². The summed E-state index contributed by atoms with van der Waals surface area (Å²) in [5, 5.41) is 11.0. The van der Waals surface area contributed by atoms with E-state index in [0.717, 1.165) is 39.1 Å². The van der Waals surface area contributed by atoms with E-state index in [2.05, 4.69) is 29.3 Å². The summed E-state index contributed by atoms with van der Waals surface area (Å²) in [6.07, 6.45) is 0. The highest BCUT2D eigenvalue weighted by Gasteiger charge is 2.17. The molecule has 152 valence electrons. The summed E-state index contributed by atoms with van der Waals surface area (Å²) >= 11 is 14.2. The average molecular weight is 456 g/mol. The third-order valence-electron chi connectivity index (χ3n) is 4.65. The maximum Gasteiger partial charge on any atom is 0.196 e. The third kappa shape index (κ3) is 4.33. The summed E-state index contributed by atoms with van der Waals surface area (Å²) in [5.74, 6) is 2.15. The molecular weight excluding hydrogens is 437 g/mol. The molecule has 7 heteroatoms. The Morgan fingerprint density at radius 1 is 0.933 bits per heavy atom. The highest BCUT2D eigenvalue weighted by Crippen LogP contribution is 2.34. The minimum Gasteiger partial charge on any atom is -0.497 e. The molecular formula is C23H19Cl2N3OS. The molecule has 1 heterocycles. The number of rotatable bonds is 6. The number of aryl methyl sites for hydroxylation is 1. The molecule has 3 aromatic carbocycles. The summed E-state index contributed by atoms with van der Waals surface area (Å²) in [6.45, 7) is 2.06. The second-order valence-corrected chi connectivity index (χ2v) is 8.45. The fraction of sp³-hybridized carbons (Fsp3) is 0.130. The van der Waals surface area contributed by atoms with Gasteiger partial charge in [0.05, 0.1) is 7.11 Å². The molecule has 0 amide bonds. The highest BCUT2D eigenvalue weighted by molar-refractivity contribution is 7.98. The lowest BCUT2D eigenvalue weighted by atomic mass is 10.1. The summed E-state index contributed by atoms with van der Waals surface area (Å²) in [7, 11) is 1.65. The Kier molecular flexibility index (Phi) is 6.32. The van der Waals surface area contributed by atoms with Gasteiger partial charge in [0, 0.05) is 27.0 Å². The van der Waals surface area contributed by atoms with Crippen LogP contribution in [0.2, 0.25) is 10.0 Å². The van der Waals surface area contributed by atoms with Gasteiger partial charge in [0.1, 0.15) is 5.75 Å². The SMILES string of the molecule is COc1ccc(-n2c(SCc3c(Cl)cccc3Cl)nnc2-c2cccc(C)c2)cc1. The molecule has 4 nitrogen and oxygen atoms in total. The maximum atomic E-state index is 6.35. The van der Waals surface area contributed by atoms with Gasteiger partial charge in [-0.2, -0.15) is 0 Å². The number of aromatic nitrogens is 3. The number of nitrogens with zero attached hydrogens (tertiary/aromatic N) is 3. The van der Waals surface area contributed by atoms with E-state index in [4.69, 9.17) is 27.9 Å². The number of methoxy groups -OCH3 is 1. The molecule has 0 N–H and O–H groups in total. The van der Waals surface area contributed by atoms with Crippen molar-refractivity contribution in [3.63, 3.8) is 0 Å². The van der Waals surface area contributed by atoms with Crippen LogP contribution < -0.4 is 4.74 Å². The lowest BCUT2D eigenvalue weighted by Gasteiger charge is -2.12. The Morgan fingerprint density at radius 2 is 1.63 bits per heavy atom. The topological polar surface area (TPSA) is 39.9 Å². The summed E-state index contributed by atoms with van der Waals surface area (Å²) in [4.78, 5) is 0. The van der Waals surface area contributed by atoms with Gasteiger partial charge in [-0.05, 0) is 55.0 Å². The Balaban J connectivity index is 1.76. The van der Waals surface area contributed by atoms with Gasteiger partial charge in [0.25, 0.3) is 0 Å². The number of hydrogen-bond acceptors (Lipinski definition) is 4. The van der Waals surface area contributed by atoms with E-state index in [0.29, 0.717) is 15.8 Å². The minimum atomic E-state index is 0.584. The van der Waals surface area contributed by atoms with E-state index in [1.54, 1.807) is 18.9 Å². The third-order valence-corrected chi connectivity index (χ3v) is 6.31. The fourth-order valence-electron chi connectivity index (χ4n) is 3.11. The van der Waals surface area contributed by atoms with Gasteiger partial charge in [0.2, 0.25) is 0 Å². The van der Waals surface area contributed by atoms with Crippen LogP contribution in [0, 0.1) is 6.92 Å². The Bertz CT molecular complexity index is 1160. The van der Waals surface area contributed by atoms with Crippen LogP contribution in [0.4, 0.5) is 0 Å². The van der Waals surface area contributed by atoms with Crippen molar-refractivity contribution in [2.75, 3.05) is 7.11 Å². The molecule has 0 saturated carbocycles. The summed E-state index contributed by atoms with van der Waals surface area (Å²) < 4.78 is 7.35. The predicted molar refractivity (Wildman–Crippen MR) is 124 cm³/mol. The molecule has 0 spiro atoms. The first-order valence-corrected chi connectivity index (χ1v) is 11.0. The zero-order chi connectivity index (χ0) is 21.1. The normalized spacial score (nSPS) is 10.9. The van der Waals surface area contributed by atoms with Crippen LogP contribution in [0.3, 0.4) is 0 Å². The number of hydrogen-bond donors (Lipinski definition) is 0. The van der Waals surface area contributed by atoms with E-state index in [1.165, 1.54) is 0 Å². The molecule has 0 saturated heterocycles. The average Bonchev–Trinajstić information content (AvgIpc) is 3.17. The first kappa shape index (κ1) is 20.8. The number of thioether (sulfide) groups is 1. The van der Waals surface area contributed by atoms with Gasteiger partial charge in [0.15, 0.2) is 11.0 Å². The standard InChI is InChI=1S/C23H19Cl2N3OS/c1-15-5-3-6-16(13-15)22-26-27-23(28(22)17-9-11-18(29-2)12-10-17)30-14-19-20(24)7-4-8-21(19)25/h3-13H,14H2,1-2H3. The lowest BCUT2D eigenvalue weighted by molar-refractivity contribution is 0.414. The highest BCUT2D eigenvalue weighted by atomic mass is 35.5. The van der Waals surface area contributed by atoms with Gasteiger partial charge in [-0.15, -0.1) is 10.2 Å². The van der Waals surface area contributed by atoms with Gasteiger partial charge in [-0.25, -0.2) is 0 Å². The zero-order valence-corrected chi connectivity index (χ0v) is 18.8. The number of halogens is 2. The summed E-state index contributed by atoms with van der Waals surface area (Å²) in [5.41, 5.74) is 3.99. The Labute approximate surface area is 189 Å². The smallest absolute Gasteiger partial charge is 0.196 e. The second-order valence-electron chi connectivity index (χ2n) is 6.70. The molecule has 4 rings (SSSR count). The van der Waals surface area contributed by atoms with E-state index in [9.17, 15) is 0 Å². The van der Waals surface area contributed by atoms with Crippen LogP contribution >= 0.6 is 35.0 Å². The van der Waals surface area contributed by atoms with Crippen molar-refractivity contribution in [1.29, 1.82) is 0 Å². The second kappa shape index (κ2) is 9.13. The first-order valence-electron chi connectivity index (χ1n) is 9.29. The van der Waals surface area contributed by atoms with Crippen molar-refractivity contribution >= 4 is 35.0 Å². The molecule has 0 aliphatic carbocycles. The largest absolute Gasteiger partial charge is 0.497 e. The first-order chi connectivity index (χ1) is 14.6. The van der Waals surface area contributed by atoms with Gasteiger partial charge in [-0.3, -0.25) is 4.57 Å². The predicted octanol–water partition coefficient (Wildman–Crippen LogP) is 6.85.